The van der Waals surface area contributed by atoms with Gasteiger partial charge in [0.2, 0.25) is 11.8 Å². The highest BCUT2D eigenvalue weighted by Gasteiger charge is 2.44. The summed E-state index contributed by atoms with van der Waals surface area (Å²) in [4.78, 5) is 40.0. The number of aliphatic hydroxyl groups excluding tert-OH is 1. The Labute approximate surface area is 169 Å². The lowest BCUT2D eigenvalue weighted by molar-refractivity contribution is -0.134. The van der Waals surface area contributed by atoms with E-state index in [1.165, 1.54) is 4.90 Å². The fourth-order valence-electron chi connectivity index (χ4n) is 4.68. The lowest BCUT2D eigenvalue weighted by Crippen LogP contribution is -2.55. The molecule has 3 aliphatic rings. The van der Waals surface area contributed by atoms with Gasteiger partial charge in [-0.25, -0.2) is 4.79 Å². The summed E-state index contributed by atoms with van der Waals surface area (Å²) in [5.74, 6) is 0.450. The third-order valence-corrected chi connectivity index (χ3v) is 6.26. The van der Waals surface area contributed by atoms with Gasteiger partial charge in [-0.15, -0.1) is 0 Å². The molecule has 2 N–H and O–H groups in total. The van der Waals surface area contributed by atoms with E-state index in [1.54, 1.807) is 0 Å². The Morgan fingerprint density at radius 1 is 1.10 bits per heavy atom. The summed E-state index contributed by atoms with van der Waals surface area (Å²) < 4.78 is 4.89. The minimum Gasteiger partial charge on any atom is -0.448 e. The number of carbonyl (C=O) groups excluding carboxylic acids is 3. The number of amides is 3. The number of ether oxygens (including phenoxy) is 1. The third kappa shape index (κ3) is 4.37. The van der Waals surface area contributed by atoms with Gasteiger partial charge in [0.05, 0.1) is 19.6 Å². The van der Waals surface area contributed by atoms with Crippen molar-refractivity contribution < 1.29 is 24.2 Å². The molecule has 0 aromatic heterocycles. The summed E-state index contributed by atoms with van der Waals surface area (Å²) in [6.45, 7) is 2.10. The van der Waals surface area contributed by atoms with Gasteiger partial charge in [0.25, 0.3) is 0 Å². The van der Waals surface area contributed by atoms with Gasteiger partial charge in [-0.1, -0.05) is 24.3 Å². The van der Waals surface area contributed by atoms with Crippen molar-refractivity contribution in [1.82, 2.24) is 15.1 Å². The second-order valence-electron chi connectivity index (χ2n) is 8.18. The molecule has 4 rings (SSSR count). The number of hydrogen-bond acceptors (Lipinski definition) is 5. The number of nitrogens with one attached hydrogen (secondary N) is 1. The SMILES string of the molecule is O=C(Cc1ccc(CO)cc1)NC1[C@@H]2CC[C@H]1CN(C(=O)CN1CCOC1=O)C2. The number of nitrogens with zero attached hydrogens (tertiary/aromatic N) is 2. The average Bonchev–Trinajstić information content (AvgIpc) is 3.20. The first-order valence-electron chi connectivity index (χ1n) is 10.2. The van der Waals surface area contributed by atoms with Gasteiger partial charge >= 0.3 is 6.09 Å². The fourth-order valence-corrected chi connectivity index (χ4v) is 4.68. The molecule has 0 spiro atoms. The Morgan fingerprint density at radius 2 is 1.76 bits per heavy atom. The van der Waals surface area contributed by atoms with Crippen molar-refractivity contribution in [3.05, 3.63) is 35.4 Å². The van der Waals surface area contributed by atoms with E-state index in [0.29, 0.717) is 32.7 Å². The predicted molar refractivity (Wildman–Crippen MR) is 104 cm³/mol. The van der Waals surface area contributed by atoms with E-state index >= 15 is 0 Å². The van der Waals surface area contributed by atoms with E-state index in [0.717, 1.165) is 24.0 Å². The van der Waals surface area contributed by atoms with Crippen molar-refractivity contribution in [2.24, 2.45) is 11.8 Å². The number of aliphatic hydroxyl groups is 1. The summed E-state index contributed by atoms with van der Waals surface area (Å²) in [7, 11) is 0. The van der Waals surface area contributed by atoms with E-state index in [2.05, 4.69) is 5.32 Å². The van der Waals surface area contributed by atoms with Crippen LogP contribution in [0.5, 0.6) is 0 Å². The molecule has 1 aromatic carbocycles. The minimum atomic E-state index is -0.421. The summed E-state index contributed by atoms with van der Waals surface area (Å²) in [6, 6.07) is 7.48. The monoisotopic (exact) mass is 401 g/mol. The Morgan fingerprint density at radius 3 is 2.34 bits per heavy atom. The van der Waals surface area contributed by atoms with Crippen LogP contribution in [0, 0.1) is 11.8 Å². The first kappa shape index (κ1) is 19.7. The Bertz CT molecular complexity index is 767. The van der Waals surface area contributed by atoms with Crippen molar-refractivity contribution in [2.45, 2.75) is 31.9 Å². The average molecular weight is 401 g/mol. The molecule has 3 amide bonds. The van der Waals surface area contributed by atoms with Crippen molar-refractivity contribution in [1.29, 1.82) is 0 Å². The van der Waals surface area contributed by atoms with Crippen LogP contribution in [-0.2, 0) is 27.4 Å². The molecule has 1 aromatic rings. The van der Waals surface area contributed by atoms with Crippen LogP contribution in [0.1, 0.15) is 24.0 Å². The first-order chi connectivity index (χ1) is 14.0. The second-order valence-corrected chi connectivity index (χ2v) is 8.18. The van der Waals surface area contributed by atoms with Crippen molar-refractivity contribution in [3.63, 3.8) is 0 Å². The van der Waals surface area contributed by atoms with Crippen LogP contribution in [0.15, 0.2) is 24.3 Å². The molecule has 29 heavy (non-hydrogen) atoms. The molecule has 3 fully saturated rings. The minimum absolute atomic E-state index is 0.00786. The number of cyclic esters (lactones) is 1. The highest BCUT2D eigenvalue weighted by atomic mass is 16.6. The lowest BCUT2D eigenvalue weighted by Gasteiger charge is -2.38. The molecule has 0 radical (unpaired) electrons. The zero-order chi connectivity index (χ0) is 20.4. The standard InChI is InChI=1S/C21H27N3O5/c25-13-15-3-1-14(2-4-15)9-18(26)22-20-16-5-6-17(20)11-24(10-16)19(27)12-23-7-8-29-21(23)28/h1-4,16-17,20,25H,5-13H2,(H,22,26)/t16-,17+,20?. The second kappa shape index (κ2) is 8.41. The Balaban J connectivity index is 1.30. The van der Waals surface area contributed by atoms with Crippen molar-refractivity contribution >= 4 is 17.9 Å². The molecule has 3 atom stereocenters. The molecule has 1 aliphatic carbocycles. The first-order valence-corrected chi connectivity index (χ1v) is 10.2. The topological polar surface area (TPSA) is 99.2 Å². The van der Waals surface area contributed by atoms with Gasteiger partial charge in [0.15, 0.2) is 0 Å². The summed E-state index contributed by atoms with van der Waals surface area (Å²) in [5.41, 5.74) is 1.74. The molecule has 2 aliphatic heterocycles. The molecule has 2 saturated heterocycles. The summed E-state index contributed by atoms with van der Waals surface area (Å²) >= 11 is 0. The highest BCUT2D eigenvalue weighted by Crippen LogP contribution is 2.37. The largest absolute Gasteiger partial charge is 0.448 e. The van der Waals surface area contributed by atoms with Gasteiger partial charge < -0.3 is 20.1 Å². The van der Waals surface area contributed by atoms with Crippen LogP contribution in [0.2, 0.25) is 0 Å². The summed E-state index contributed by atoms with van der Waals surface area (Å²) in [5, 5.41) is 12.3. The molecular formula is C21H27N3O5. The molecule has 1 saturated carbocycles. The highest BCUT2D eigenvalue weighted by molar-refractivity contribution is 5.83. The van der Waals surface area contributed by atoms with Crippen LogP contribution in [-0.4, -0.2) is 71.6 Å². The van der Waals surface area contributed by atoms with E-state index in [1.807, 2.05) is 29.2 Å². The maximum atomic E-state index is 12.6. The normalized spacial score (nSPS) is 25.8. The molecule has 8 heteroatoms. The fraction of sp³-hybridized carbons (Fsp3) is 0.571. The molecule has 2 heterocycles. The Hall–Kier alpha value is -2.61. The molecule has 8 nitrogen and oxygen atoms in total. The third-order valence-electron chi connectivity index (χ3n) is 6.26. The zero-order valence-corrected chi connectivity index (χ0v) is 16.4. The summed E-state index contributed by atoms with van der Waals surface area (Å²) in [6.07, 6.45) is 1.88. The quantitative estimate of drug-likeness (QED) is 0.724. The van der Waals surface area contributed by atoms with Crippen LogP contribution in [0.4, 0.5) is 4.79 Å². The number of piperidine rings is 1. The number of carbonyl (C=O) groups is 3. The van der Waals surface area contributed by atoms with Crippen LogP contribution < -0.4 is 5.32 Å². The number of hydrogen-bond donors (Lipinski definition) is 2. The maximum Gasteiger partial charge on any atom is 0.410 e. The van der Waals surface area contributed by atoms with Gasteiger partial charge in [0, 0.05) is 19.1 Å². The number of benzene rings is 1. The van der Waals surface area contributed by atoms with Crippen molar-refractivity contribution in [2.75, 3.05) is 32.8 Å². The maximum absolute atomic E-state index is 12.6. The molecule has 2 bridgehead atoms. The molecule has 156 valence electrons. The smallest absolute Gasteiger partial charge is 0.410 e. The van der Waals surface area contributed by atoms with Gasteiger partial charge in [0.1, 0.15) is 13.2 Å². The lowest BCUT2D eigenvalue weighted by atomic mass is 9.91. The van der Waals surface area contributed by atoms with Gasteiger partial charge in [-0.3, -0.25) is 14.5 Å². The van der Waals surface area contributed by atoms with E-state index in [4.69, 9.17) is 9.84 Å². The number of fused-ring (bicyclic) bond motifs is 2. The van der Waals surface area contributed by atoms with Gasteiger partial charge in [-0.2, -0.15) is 0 Å². The number of rotatable bonds is 6. The molecular weight excluding hydrogens is 374 g/mol. The predicted octanol–water partition coefficient (Wildman–Crippen LogP) is 0.527. The Kier molecular flexibility index (Phi) is 5.71. The number of likely N-dealkylation sites (tertiary alicyclic amines) is 1. The van der Waals surface area contributed by atoms with E-state index < -0.39 is 6.09 Å². The van der Waals surface area contributed by atoms with E-state index in [-0.39, 0.29) is 42.8 Å². The molecule has 1 unspecified atom stereocenters. The van der Waals surface area contributed by atoms with Gasteiger partial charge in [-0.05, 0) is 35.8 Å². The van der Waals surface area contributed by atoms with Crippen LogP contribution in [0.3, 0.4) is 0 Å². The van der Waals surface area contributed by atoms with Crippen molar-refractivity contribution in [3.8, 4) is 0 Å². The van der Waals surface area contributed by atoms with Crippen LogP contribution >= 0.6 is 0 Å². The zero-order valence-electron chi connectivity index (χ0n) is 16.4. The van der Waals surface area contributed by atoms with E-state index in [9.17, 15) is 14.4 Å². The van der Waals surface area contributed by atoms with Crippen LogP contribution in [0.25, 0.3) is 0 Å².